The molecule has 180 valence electrons. The van der Waals surface area contributed by atoms with Crippen molar-refractivity contribution in [3.8, 4) is 11.5 Å². The summed E-state index contributed by atoms with van der Waals surface area (Å²) in [6.07, 6.45) is -1.99. The van der Waals surface area contributed by atoms with Crippen molar-refractivity contribution in [1.82, 2.24) is 14.7 Å². The van der Waals surface area contributed by atoms with E-state index in [9.17, 15) is 27.2 Å². The van der Waals surface area contributed by atoms with Gasteiger partial charge in [0.25, 0.3) is 11.8 Å². The molecule has 0 aromatic heterocycles. The Morgan fingerprint density at radius 1 is 1.18 bits per heavy atom. The second-order valence-corrected chi connectivity index (χ2v) is 9.14. The zero-order chi connectivity index (χ0) is 24.9. The molecule has 2 atom stereocenters. The highest BCUT2D eigenvalue weighted by atomic mass is 32.2. The molecule has 1 aliphatic heterocycles. The number of imide groups is 1. The van der Waals surface area contributed by atoms with Crippen LogP contribution in [0.3, 0.4) is 0 Å². The summed E-state index contributed by atoms with van der Waals surface area (Å²) in [5, 5.41) is 9.08. The first-order valence-electron chi connectivity index (χ1n) is 9.93. The average Bonchev–Trinajstić information content (AvgIpc) is 2.84. The maximum Gasteiger partial charge on any atom is 0.350 e. The monoisotopic (exact) mass is 492 g/mol. The van der Waals surface area contributed by atoms with Crippen molar-refractivity contribution >= 4 is 34.1 Å². The highest BCUT2D eigenvalue weighted by molar-refractivity contribution is 7.89. The molecule has 3 rings (SSSR count). The minimum atomic E-state index is -4.26. The number of para-hydroxylation sites is 1. The quantitative estimate of drug-likeness (QED) is 0.400. The van der Waals surface area contributed by atoms with E-state index in [1.54, 1.807) is 24.3 Å². The van der Waals surface area contributed by atoms with Crippen LogP contribution >= 0.6 is 0 Å². The van der Waals surface area contributed by atoms with Gasteiger partial charge < -0.3 is 4.74 Å². The number of hydroxylamine groups is 1. The molecular formula is C21H21FN4O7S. The number of ether oxygens (including phenoxy) is 1. The number of aliphatic imine (C=N–C) groups is 1. The fraction of sp³-hybridized carbons (Fsp3) is 0.238. The van der Waals surface area contributed by atoms with Crippen molar-refractivity contribution < 1.29 is 37.1 Å². The first-order valence-corrected chi connectivity index (χ1v) is 11.4. The number of carbonyl (C=O) groups is 3. The van der Waals surface area contributed by atoms with E-state index in [0.29, 0.717) is 26.9 Å². The molecule has 4 amide bonds. The normalized spacial score (nSPS) is 17.1. The number of halogens is 1. The molecule has 13 heteroatoms. The number of sulfonamides is 1. The number of hydrogen-bond acceptors (Lipinski definition) is 7. The SMILES string of the molecule is CN(C(CCN1C(=O)N=CC(F)C1=O)C(=O)NO)S(=O)(=O)c1ccc(Oc2ccccc2)cc1. The molecule has 0 saturated carbocycles. The van der Waals surface area contributed by atoms with Crippen molar-refractivity contribution in [1.29, 1.82) is 0 Å². The van der Waals surface area contributed by atoms with Gasteiger partial charge >= 0.3 is 6.03 Å². The minimum absolute atomic E-state index is 0.176. The van der Waals surface area contributed by atoms with Crippen LogP contribution in [0.2, 0.25) is 0 Å². The molecule has 2 aromatic rings. The van der Waals surface area contributed by atoms with Crippen LogP contribution in [0.1, 0.15) is 6.42 Å². The molecular weight excluding hydrogens is 471 g/mol. The molecule has 0 fully saturated rings. The Balaban J connectivity index is 1.76. The Kier molecular flexibility index (Phi) is 7.71. The van der Waals surface area contributed by atoms with Crippen molar-refractivity contribution in [2.75, 3.05) is 13.6 Å². The second kappa shape index (κ2) is 10.5. The minimum Gasteiger partial charge on any atom is -0.457 e. The predicted molar refractivity (Wildman–Crippen MR) is 117 cm³/mol. The van der Waals surface area contributed by atoms with Gasteiger partial charge in [-0.1, -0.05) is 18.2 Å². The maximum absolute atomic E-state index is 13.6. The Hall–Kier alpha value is -3.68. The van der Waals surface area contributed by atoms with E-state index in [4.69, 9.17) is 9.94 Å². The largest absolute Gasteiger partial charge is 0.457 e. The highest BCUT2D eigenvalue weighted by Crippen LogP contribution is 2.25. The van der Waals surface area contributed by atoms with E-state index in [-0.39, 0.29) is 4.90 Å². The third-order valence-corrected chi connectivity index (χ3v) is 6.89. The van der Waals surface area contributed by atoms with Crippen LogP contribution in [0.4, 0.5) is 9.18 Å². The second-order valence-electron chi connectivity index (χ2n) is 7.14. The summed E-state index contributed by atoms with van der Waals surface area (Å²) in [7, 11) is -3.16. The first-order chi connectivity index (χ1) is 16.1. The zero-order valence-corrected chi connectivity index (χ0v) is 18.7. The van der Waals surface area contributed by atoms with E-state index in [0.717, 1.165) is 7.05 Å². The van der Waals surface area contributed by atoms with Gasteiger partial charge in [-0.15, -0.1) is 0 Å². The van der Waals surface area contributed by atoms with E-state index in [1.165, 1.54) is 29.7 Å². The van der Waals surface area contributed by atoms with Gasteiger partial charge in [-0.2, -0.15) is 4.31 Å². The number of benzene rings is 2. The zero-order valence-electron chi connectivity index (χ0n) is 17.9. The summed E-state index contributed by atoms with van der Waals surface area (Å²) in [5.74, 6) is -1.35. The van der Waals surface area contributed by atoms with Crippen molar-refractivity contribution in [3.05, 3.63) is 54.6 Å². The van der Waals surface area contributed by atoms with Crippen LogP contribution < -0.4 is 10.2 Å². The fourth-order valence-corrected chi connectivity index (χ4v) is 4.50. The molecule has 2 unspecified atom stereocenters. The molecule has 1 aliphatic rings. The summed E-state index contributed by atoms with van der Waals surface area (Å²) in [5.41, 5.74) is 1.37. The number of hydrogen-bond donors (Lipinski definition) is 2. The molecule has 0 spiro atoms. The molecule has 0 aliphatic carbocycles. The van der Waals surface area contributed by atoms with Gasteiger partial charge in [0.2, 0.25) is 16.2 Å². The maximum atomic E-state index is 13.6. The molecule has 2 aromatic carbocycles. The van der Waals surface area contributed by atoms with Crippen molar-refractivity contribution in [3.63, 3.8) is 0 Å². The van der Waals surface area contributed by atoms with Crippen LogP contribution in [0, 0.1) is 0 Å². The third kappa shape index (κ3) is 5.44. The lowest BCUT2D eigenvalue weighted by atomic mass is 10.2. The van der Waals surface area contributed by atoms with Gasteiger partial charge in [0, 0.05) is 13.6 Å². The number of nitrogens with zero attached hydrogens (tertiary/aromatic N) is 3. The van der Waals surface area contributed by atoms with Gasteiger partial charge in [-0.05, 0) is 42.8 Å². The predicted octanol–water partition coefficient (Wildman–Crippen LogP) is 1.73. The van der Waals surface area contributed by atoms with Gasteiger partial charge in [0.1, 0.15) is 17.5 Å². The number of carbonyl (C=O) groups excluding carboxylic acids is 3. The molecule has 11 nitrogen and oxygen atoms in total. The van der Waals surface area contributed by atoms with Crippen molar-refractivity contribution in [2.45, 2.75) is 23.5 Å². The van der Waals surface area contributed by atoms with Crippen LogP contribution in [0.5, 0.6) is 11.5 Å². The number of rotatable bonds is 9. The van der Waals surface area contributed by atoms with Crippen LogP contribution in [-0.4, -0.2) is 72.7 Å². The molecule has 2 N–H and O–H groups in total. The summed E-state index contributed by atoms with van der Waals surface area (Å²) in [4.78, 5) is 39.4. The van der Waals surface area contributed by atoms with Crippen molar-refractivity contribution in [2.24, 2.45) is 4.99 Å². The van der Waals surface area contributed by atoms with Gasteiger partial charge in [0.05, 0.1) is 11.1 Å². The standard InChI is InChI=1S/C21H21FN4O7S/c1-25(18(19(27)24-30)11-12-26-20(28)17(22)13-23-21(26)29)34(31,32)16-9-7-15(8-10-16)33-14-5-3-2-4-6-14/h2-10,13,17-18,30H,11-12H2,1H3,(H,24,27). The van der Waals surface area contributed by atoms with Gasteiger partial charge in [-0.3, -0.25) is 19.7 Å². The Labute approximate surface area is 194 Å². The number of amides is 4. The smallest absolute Gasteiger partial charge is 0.350 e. The Morgan fingerprint density at radius 2 is 1.79 bits per heavy atom. The Morgan fingerprint density at radius 3 is 2.41 bits per heavy atom. The van der Waals surface area contributed by atoms with Gasteiger partial charge in [0.15, 0.2) is 0 Å². The molecule has 0 bridgehead atoms. The summed E-state index contributed by atoms with van der Waals surface area (Å²) in [6.45, 7) is -0.503. The van der Waals surface area contributed by atoms with E-state index in [1.807, 2.05) is 6.07 Å². The first kappa shape index (κ1) is 25.0. The number of urea groups is 1. The lowest BCUT2D eigenvalue weighted by Gasteiger charge is -2.28. The number of nitrogens with one attached hydrogen (secondary N) is 1. The van der Waals surface area contributed by atoms with Gasteiger partial charge in [-0.25, -0.2) is 28.1 Å². The van der Waals surface area contributed by atoms with E-state index >= 15 is 0 Å². The lowest BCUT2D eigenvalue weighted by Crippen LogP contribution is -2.50. The third-order valence-electron chi connectivity index (χ3n) is 5.01. The van der Waals surface area contributed by atoms with Crippen LogP contribution in [0.15, 0.2) is 64.5 Å². The van der Waals surface area contributed by atoms with E-state index in [2.05, 4.69) is 4.99 Å². The van der Waals surface area contributed by atoms with E-state index < -0.39 is 53.0 Å². The average molecular weight is 492 g/mol. The number of likely N-dealkylation sites (N-methyl/N-ethyl adjacent to an activating group) is 1. The molecule has 1 heterocycles. The number of alkyl halides is 1. The molecule has 0 radical (unpaired) electrons. The highest BCUT2D eigenvalue weighted by Gasteiger charge is 2.36. The lowest BCUT2D eigenvalue weighted by molar-refractivity contribution is -0.135. The topological polar surface area (TPSA) is 146 Å². The summed E-state index contributed by atoms with van der Waals surface area (Å²) >= 11 is 0. The Bertz CT molecular complexity index is 1190. The molecule has 34 heavy (non-hydrogen) atoms. The summed E-state index contributed by atoms with van der Waals surface area (Å²) < 4.78 is 46.0. The summed E-state index contributed by atoms with van der Waals surface area (Å²) in [6, 6.07) is 11.7. The van der Waals surface area contributed by atoms with Crippen LogP contribution in [0.25, 0.3) is 0 Å². The molecule has 0 saturated heterocycles. The fourth-order valence-electron chi connectivity index (χ4n) is 3.15. The van der Waals surface area contributed by atoms with Crippen LogP contribution in [-0.2, 0) is 19.6 Å².